The first-order valence-electron chi connectivity index (χ1n) is 8.41. The Morgan fingerprint density at radius 3 is 2.25 bits per heavy atom. The molecule has 0 amide bonds. The van der Waals surface area contributed by atoms with Crippen molar-refractivity contribution < 1.29 is 0 Å². The summed E-state index contributed by atoms with van der Waals surface area (Å²) in [7, 11) is 6.49. The molecule has 1 saturated carbocycles. The molecule has 1 rings (SSSR count). The quantitative estimate of drug-likeness (QED) is 0.774. The van der Waals surface area contributed by atoms with Crippen LogP contribution in [0.25, 0.3) is 0 Å². The number of likely N-dealkylation sites (N-methyl/N-ethyl adjacent to an activating group) is 2. The van der Waals surface area contributed by atoms with Crippen LogP contribution in [-0.4, -0.2) is 62.7 Å². The minimum atomic E-state index is 0.648. The van der Waals surface area contributed by atoms with E-state index < -0.39 is 0 Å². The van der Waals surface area contributed by atoms with Crippen LogP contribution in [0.15, 0.2) is 0 Å². The van der Waals surface area contributed by atoms with Gasteiger partial charge in [0.15, 0.2) is 0 Å². The Kier molecular flexibility index (Phi) is 7.49. The summed E-state index contributed by atoms with van der Waals surface area (Å²) < 4.78 is 0. The fourth-order valence-electron chi connectivity index (χ4n) is 3.90. The standard InChI is InChI=1S/C17H37N3/c1-13(2)12-20(9-8-19(6)7)17-15(4)10-14(3)11-16(17)18-5/h13-18H,8-12H2,1-7H3. The molecule has 20 heavy (non-hydrogen) atoms. The average molecular weight is 284 g/mol. The molecular formula is C17H37N3. The van der Waals surface area contributed by atoms with Gasteiger partial charge >= 0.3 is 0 Å². The summed E-state index contributed by atoms with van der Waals surface area (Å²) in [4.78, 5) is 5.06. The molecule has 0 aromatic heterocycles. The largest absolute Gasteiger partial charge is 0.315 e. The van der Waals surface area contributed by atoms with Gasteiger partial charge in [0, 0.05) is 31.7 Å². The first-order chi connectivity index (χ1) is 9.35. The maximum absolute atomic E-state index is 3.60. The summed E-state index contributed by atoms with van der Waals surface area (Å²) in [6, 6.07) is 1.34. The number of rotatable bonds is 7. The normalized spacial score (nSPS) is 31.5. The smallest absolute Gasteiger partial charge is 0.0275 e. The second-order valence-electron chi connectivity index (χ2n) is 7.63. The maximum Gasteiger partial charge on any atom is 0.0275 e. The Hall–Kier alpha value is -0.120. The van der Waals surface area contributed by atoms with Crippen LogP contribution < -0.4 is 5.32 Å². The van der Waals surface area contributed by atoms with Gasteiger partial charge < -0.3 is 10.2 Å². The zero-order valence-corrected chi connectivity index (χ0v) is 14.8. The van der Waals surface area contributed by atoms with Crippen molar-refractivity contribution in [2.75, 3.05) is 40.8 Å². The number of nitrogens with zero attached hydrogens (tertiary/aromatic N) is 2. The van der Waals surface area contributed by atoms with Gasteiger partial charge in [0.2, 0.25) is 0 Å². The minimum absolute atomic E-state index is 0.648. The van der Waals surface area contributed by atoms with Crippen LogP contribution in [0.3, 0.4) is 0 Å². The van der Waals surface area contributed by atoms with Crippen molar-refractivity contribution in [2.45, 2.75) is 52.6 Å². The molecule has 4 unspecified atom stereocenters. The Morgan fingerprint density at radius 1 is 1.10 bits per heavy atom. The Labute approximate surface area is 127 Å². The van der Waals surface area contributed by atoms with Crippen molar-refractivity contribution in [3.63, 3.8) is 0 Å². The van der Waals surface area contributed by atoms with E-state index in [1.807, 2.05) is 0 Å². The van der Waals surface area contributed by atoms with Crippen molar-refractivity contribution in [1.29, 1.82) is 0 Å². The molecule has 1 fully saturated rings. The van der Waals surface area contributed by atoms with Crippen LogP contribution in [0.4, 0.5) is 0 Å². The Bertz CT molecular complexity index is 265. The van der Waals surface area contributed by atoms with E-state index in [0.29, 0.717) is 12.1 Å². The van der Waals surface area contributed by atoms with E-state index in [1.54, 1.807) is 0 Å². The van der Waals surface area contributed by atoms with Crippen LogP contribution in [0.2, 0.25) is 0 Å². The predicted molar refractivity (Wildman–Crippen MR) is 89.2 cm³/mol. The van der Waals surface area contributed by atoms with Crippen LogP contribution in [0, 0.1) is 17.8 Å². The molecule has 0 aliphatic heterocycles. The lowest BCUT2D eigenvalue weighted by Crippen LogP contribution is -2.57. The van der Waals surface area contributed by atoms with Gasteiger partial charge in [0.05, 0.1) is 0 Å². The molecule has 0 spiro atoms. The van der Waals surface area contributed by atoms with Gasteiger partial charge in [-0.15, -0.1) is 0 Å². The van der Waals surface area contributed by atoms with Crippen LogP contribution in [-0.2, 0) is 0 Å². The summed E-state index contributed by atoms with van der Waals surface area (Å²) in [5.74, 6) is 2.38. The van der Waals surface area contributed by atoms with Gasteiger partial charge in [0.1, 0.15) is 0 Å². The van der Waals surface area contributed by atoms with Crippen LogP contribution >= 0.6 is 0 Å². The second-order valence-corrected chi connectivity index (χ2v) is 7.63. The van der Waals surface area contributed by atoms with Crippen LogP contribution in [0.5, 0.6) is 0 Å². The van der Waals surface area contributed by atoms with E-state index in [0.717, 1.165) is 24.3 Å². The van der Waals surface area contributed by atoms with E-state index >= 15 is 0 Å². The average Bonchev–Trinajstić information content (AvgIpc) is 2.33. The monoisotopic (exact) mass is 283 g/mol. The number of hydrogen-bond acceptors (Lipinski definition) is 3. The van der Waals surface area contributed by atoms with Crippen molar-refractivity contribution in [3.8, 4) is 0 Å². The number of nitrogens with one attached hydrogen (secondary N) is 1. The molecule has 1 N–H and O–H groups in total. The van der Waals surface area contributed by atoms with E-state index in [-0.39, 0.29) is 0 Å². The lowest BCUT2D eigenvalue weighted by Gasteiger charge is -2.46. The fourth-order valence-corrected chi connectivity index (χ4v) is 3.90. The van der Waals surface area contributed by atoms with Gasteiger partial charge in [-0.3, -0.25) is 4.90 Å². The molecule has 4 atom stereocenters. The van der Waals surface area contributed by atoms with Crippen LogP contribution in [0.1, 0.15) is 40.5 Å². The lowest BCUT2D eigenvalue weighted by molar-refractivity contribution is 0.0511. The van der Waals surface area contributed by atoms with E-state index in [2.05, 4.69) is 64.0 Å². The maximum atomic E-state index is 3.60. The highest BCUT2D eigenvalue weighted by atomic mass is 15.2. The molecule has 1 aliphatic rings. The topological polar surface area (TPSA) is 18.5 Å². The van der Waals surface area contributed by atoms with Crippen molar-refractivity contribution >= 4 is 0 Å². The minimum Gasteiger partial charge on any atom is -0.315 e. The summed E-state index contributed by atoms with van der Waals surface area (Å²) in [5.41, 5.74) is 0. The lowest BCUT2D eigenvalue weighted by atomic mass is 9.75. The summed E-state index contributed by atoms with van der Waals surface area (Å²) in [6.07, 6.45) is 2.70. The van der Waals surface area contributed by atoms with E-state index in [1.165, 1.54) is 25.9 Å². The highest BCUT2D eigenvalue weighted by Crippen LogP contribution is 2.32. The number of hydrogen-bond donors (Lipinski definition) is 1. The zero-order chi connectivity index (χ0) is 15.3. The molecule has 3 nitrogen and oxygen atoms in total. The SMILES string of the molecule is CNC1CC(C)CC(C)C1N(CCN(C)C)CC(C)C. The fraction of sp³-hybridized carbons (Fsp3) is 1.00. The molecule has 0 radical (unpaired) electrons. The summed E-state index contributed by atoms with van der Waals surface area (Å²) in [6.45, 7) is 13.1. The van der Waals surface area contributed by atoms with Gasteiger partial charge in [-0.05, 0) is 51.7 Å². The summed E-state index contributed by atoms with van der Waals surface area (Å²) in [5, 5.41) is 3.60. The summed E-state index contributed by atoms with van der Waals surface area (Å²) >= 11 is 0. The van der Waals surface area contributed by atoms with Gasteiger partial charge in [-0.25, -0.2) is 0 Å². The second kappa shape index (κ2) is 8.35. The third-order valence-corrected chi connectivity index (χ3v) is 4.65. The molecule has 0 heterocycles. The highest BCUT2D eigenvalue weighted by Gasteiger charge is 2.36. The van der Waals surface area contributed by atoms with Gasteiger partial charge in [0.25, 0.3) is 0 Å². The van der Waals surface area contributed by atoms with Gasteiger partial charge in [-0.2, -0.15) is 0 Å². The molecule has 1 aliphatic carbocycles. The highest BCUT2D eigenvalue weighted by molar-refractivity contribution is 4.93. The first kappa shape index (κ1) is 17.9. The zero-order valence-electron chi connectivity index (χ0n) is 14.8. The molecule has 0 aromatic rings. The molecule has 0 bridgehead atoms. The molecule has 3 heteroatoms. The first-order valence-corrected chi connectivity index (χ1v) is 8.41. The van der Waals surface area contributed by atoms with Crippen molar-refractivity contribution in [2.24, 2.45) is 17.8 Å². The van der Waals surface area contributed by atoms with E-state index in [9.17, 15) is 0 Å². The Morgan fingerprint density at radius 2 is 1.75 bits per heavy atom. The Balaban J connectivity index is 2.78. The molecule has 0 aromatic carbocycles. The third-order valence-electron chi connectivity index (χ3n) is 4.65. The van der Waals surface area contributed by atoms with Crippen molar-refractivity contribution in [3.05, 3.63) is 0 Å². The predicted octanol–water partition coefficient (Wildman–Crippen LogP) is 2.53. The van der Waals surface area contributed by atoms with Crippen molar-refractivity contribution in [1.82, 2.24) is 15.1 Å². The molecule has 120 valence electrons. The molecule has 0 saturated heterocycles. The molecular weight excluding hydrogens is 246 g/mol. The third kappa shape index (κ3) is 5.34. The van der Waals surface area contributed by atoms with Gasteiger partial charge in [-0.1, -0.05) is 27.7 Å². The van der Waals surface area contributed by atoms with E-state index in [4.69, 9.17) is 0 Å².